The maximum absolute atomic E-state index is 13.9. The molecule has 0 amide bonds. The van der Waals surface area contributed by atoms with Crippen LogP contribution in [0.2, 0.25) is 0 Å². The maximum atomic E-state index is 13.9. The molecule has 0 aliphatic heterocycles. The Bertz CT molecular complexity index is 662. The minimum absolute atomic E-state index is 0.0635. The van der Waals surface area contributed by atoms with Crippen LogP contribution in [0.25, 0.3) is 10.4 Å². The molecule has 7 heteroatoms. The maximum Gasteiger partial charge on any atom is 0.162 e. The summed E-state index contributed by atoms with van der Waals surface area (Å²) >= 11 is 1.53. The summed E-state index contributed by atoms with van der Waals surface area (Å²) < 4.78 is 27.6. The topological polar surface area (TPSA) is 61.7 Å². The van der Waals surface area contributed by atoms with Gasteiger partial charge in [0.25, 0.3) is 0 Å². The van der Waals surface area contributed by atoms with E-state index in [9.17, 15) is 8.78 Å². The van der Waals surface area contributed by atoms with E-state index in [1.165, 1.54) is 23.5 Å². The first kappa shape index (κ1) is 14.4. The molecule has 0 bridgehead atoms. The SMILES string of the molecule is Cc1nc(CCc2ccc(CN=[N+]=[N-])c(F)c2F)cs1. The van der Waals surface area contributed by atoms with Gasteiger partial charge < -0.3 is 0 Å². The highest BCUT2D eigenvalue weighted by molar-refractivity contribution is 7.09. The molecule has 104 valence electrons. The van der Waals surface area contributed by atoms with Crippen molar-refractivity contribution in [3.05, 3.63) is 61.4 Å². The predicted molar refractivity (Wildman–Crippen MR) is 73.5 cm³/mol. The molecule has 0 unspecified atom stereocenters. The first-order valence-corrected chi connectivity index (χ1v) is 6.87. The number of halogens is 2. The van der Waals surface area contributed by atoms with E-state index in [1.54, 1.807) is 0 Å². The molecule has 1 heterocycles. The molecule has 0 saturated carbocycles. The molecule has 0 saturated heterocycles. The normalized spacial score (nSPS) is 10.3. The summed E-state index contributed by atoms with van der Waals surface area (Å²) in [6, 6.07) is 2.98. The lowest BCUT2D eigenvalue weighted by Crippen LogP contribution is -2.01. The van der Waals surface area contributed by atoms with Gasteiger partial charge in [0.05, 0.1) is 17.2 Å². The molecule has 1 aromatic carbocycles. The van der Waals surface area contributed by atoms with E-state index in [0.717, 1.165) is 10.7 Å². The average Bonchev–Trinajstić information content (AvgIpc) is 2.85. The van der Waals surface area contributed by atoms with Crippen LogP contribution in [0.4, 0.5) is 8.78 Å². The fourth-order valence-corrected chi connectivity index (χ4v) is 2.49. The quantitative estimate of drug-likeness (QED) is 0.460. The van der Waals surface area contributed by atoms with E-state index in [4.69, 9.17) is 5.53 Å². The second kappa shape index (κ2) is 6.45. The number of nitrogens with zero attached hydrogens (tertiary/aromatic N) is 4. The van der Waals surface area contributed by atoms with Gasteiger partial charge in [0.15, 0.2) is 11.6 Å². The molecule has 0 aliphatic rings. The highest BCUT2D eigenvalue weighted by Gasteiger charge is 2.13. The summed E-state index contributed by atoms with van der Waals surface area (Å²) in [4.78, 5) is 6.81. The Kier molecular flexibility index (Phi) is 4.65. The van der Waals surface area contributed by atoms with E-state index < -0.39 is 11.6 Å². The van der Waals surface area contributed by atoms with Crippen molar-refractivity contribution in [3.63, 3.8) is 0 Å². The van der Waals surface area contributed by atoms with E-state index in [1.807, 2.05) is 12.3 Å². The van der Waals surface area contributed by atoms with Gasteiger partial charge in [-0.1, -0.05) is 17.2 Å². The van der Waals surface area contributed by atoms with Crippen molar-refractivity contribution < 1.29 is 8.78 Å². The highest BCUT2D eigenvalue weighted by Crippen LogP contribution is 2.19. The molecule has 0 fully saturated rings. The first-order valence-electron chi connectivity index (χ1n) is 5.99. The van der Waals surface area contributed by atoms with Crippen molar-refractivity contribution >= 4 is 11.3 Å². The van der Waals surface area contributed by atoms with Gasteiger partial charge in [0, 0.05) is 10.3 Å². The molecule has 0 N–H and O–H groups in total. The van der Waals surface area contributed by atoms with Crippen molar-refractivity contribution in [3.8, 4) is 0 Å². The third-order valence-corrected chi connectivity index (χ3v) is 3.69. The van der Waals surface area contributed by atoms with Crippen LogP contribution in [0.5, 0.6) is 0 Å². The van der Waals surface area contributed by atoms with Gasteiger partial charge in [-0.2, -0.15) is 0 Å². The largest absolute Gasteiger partial charge is 0.247 e. The summed E-state index contributed by atoms with van der Waals surface area (Å²) in [6.07, 6.45) is 0.949. The molecular formula is C13H12F2N4S. The van der Waals surface area contributed by atoms with Crippen LogP contribution in [-0.2, 0) is 19.4 Å². The fourth-order valence-electron chi connectivity index (χ4n) is 1.84. The second-order valence-electron chi connectivity index (χ2n) is 4.26. The molecule has 0 aliphatic carbocycles. The molecule has 0 spiro atoms. The number of benzene rings is 1. The van der Waals surface area contributed by atoms with Crippen LogP contribution in [-0.4, -0.2) is 4.98 Å². The zero-order valence-corrected chi connectivity index (χ0v) is 11.6. The minimum Gasteiger partial charge on any atom is -0.247 e. The number of rotatable bonds is 5. The smallest absolute Gasteiger partial charge is 0.162 e. The minimum atomic E-state index is -0.940. The van der Waals surface area contributed by atoms with E-state index in [-0.39, 0.29) is 12.1 Å². The van der Waals surface area contributed by atoms with Gasteiger partial charge in [-0.05, 0) is 36.4 Å². The lowest BCUT2D eigenvalue weighted by atomic mass is 10.0. The molecule has 4 nitrogen and oxygen atoms in total. The zero-order chi connectivity index (χ0) is 14.5. The van der Waals surface area contributed by atoms with Gasteiger partial charge >= 0.3 is 0 Å². The van der Waals surface area contributed by atoms with E-state index >= 15 is 0 Å². The lowest BCUT2D eigenvalue weighted by Gasteiger charge is -2.06. The molecular weight excluding hydrogens is 282 g/mol. The van der Waals surface area contributed by atoms with Gasteiger partial charge in [0.1, 0.15) is 0 Å². The number of hydrogen-bond donors (Lipinski definition) is 0. The highest BCUT2D eigenvalue weighted by atomic mass is 32.1. The van der Waals surface area contributed by atoms with Crippen LogP contribution < -0.4 is 0 Å². The molecule has 1 aromatic heterocycles. The summed E-state index contributed by atoms with van der Waals surface area (Å²) in [6.45, 7) is 1.71. The third kappa shape index (κ3) is 3.31. The van der Waals surface area contributed by atoms with Crippen molar-refractivity contribution in [2.75, 3.05) is 0 Å². The van der Waals surface area contributed by atoms with E-state index in [0.29, 0.717) is 18.4 Å². The molecule has 2 aromatic rings. The number of aromatic nitrogens is 1. The van der Waals surface area contributed by atoms with Crippen LogP contribution in [0, 0.1) is 18.6 Å². The van der Waals surface area contributed by atoms with Gasteiger partial charge in [-0.15, -0.1) is 11.3 Å². The lowest BCUT2D eigenvalue weighted by molar-refractivity contribution is 0.489. The number of thiazole rings is 1. The summed E-state index contributed by atoms with van der Waals surface area (Å²) in [5, 5.41) is 6.11. The monoisotopic (exact) mass is 294 g/mol. The van der Waals surface area contributed by atoms with Crippen LogP contribution in [0.3, 0.4) is 0 Å². The number of aryl methyl sites for hydroxylation is 3. The molecule has 2 rings (SSSR count). The summed E-state index contributed by atoms with van der Waals surface area (Å²) in [5.74, 6) is -1.81. The van der Waals surface area contributed by atoms with Crippen molar-refractivity contribution in [2.45, 2.75) is 26.3 Å². The number of hydrogen-bond acceptors (Lipinski definition) is 3. The van der Waals surface area contributed by atoms with Crippen molar-refractivity contribution in [1.82, 2.24) is 4.98 Å². The van der Waals surface area contributed by atoms with Gasteiger partial charge in [0.2, 0.25) is 0 Å². The Morgan fingerprint density at radius 1 is 1.25 bits per heavy atom. The Morgan fingerprint density at radius 2 is 1.95 bits per heavy atom. The second-order valence-corrected chi connectivity index (χ2v) is 5.32. The first-order chi connectivity index (χ1) is 9.61. The predicted octanol–water partition coefficient (Wildman–Crippen LogP) is 4.33. The van der Waals surface area contributed by atoms with Crippen LogP contribution in [0.15, 0.2) is 22.6 Å². The zero-order valence-electron chi connectivity index (χ0n) is 10.8. The molecule has 20 heavy (non-hydrogen) atoms. The molecule has 0 radical (unpaired) electrons. The molecule has 0 atom stereocenters. The van der Waals surface area contributed by atoms with Crippen molar-refractivity contribution in [1.29, 1.82) is 0 Å². The Labute approximate surface area is 118 Å². The van der Waals surface area contributed by atoms with Crippen molar-refractivity contribution in [2.24, 2.45) is 5.11 Å². The van der Waals surface area contributed by atoms with Gasteiger partial charge in [-0.25, -0.2) is 13.8 Å². The summed E-state index contributed by atoms with van der Waals surface area (Å²) in [7, 11) is 0. The summed E-state index contributed by atoms with van der Waals surface area (Å²) in [5.41, 5.74) is 9.44. The van der Waals surface area contributed by atoms with Crippen LogP contribution >= 0.6 is 11.3 Å². The standard InChI is InChI=1S/C13H12F2N4S/c1-8-18-11(7-20-8)5-4-9-2-3-10(6-17-19-16)13(15)12(9)14/h2-3,7H,4-6H2,1H3. The fraction of sp³-hybridized carbons (Fsp3) is 0.308. The average molecular weight is 294 g/mol. The third-order valence-electron chi connectivity index (χ3n) is 2.86. The number of azide groups is 1. The Hall–Kier alpha value is -1.98. The van der Waals surface area contributed by atoms with E-state index in [2.05, 4.69) is 15.0 Å². The Balaban J connectivity index is 2.12. The Morgan fingerprint density at radius 3 is 2.60 bits per heavy atom. The van der Waals surface area contributed by atoms with Gasteiger partial charge in [-0.3, -0.25) is 0 Å². The van der Waals surface area contributed by atoms with Crippen LogP contribution in [0.1, 0.15) is 21.8 Å².